The maximum absolute atomic E-state index is 12.4. The monoisotopic (exact) mass is 393 g/mol. The van der Waals surface area contributed by atoms with Gasteiger partial charge in [0.2, 0.25) is 0 Å². The molecule has 2 N–H and O–H groups in total. The second-order valence-corrected chi connectivity index (χ2v) is 9.03. The first-order chi connectivity index (χ1) is 14.2. The smallest absolute Gasteiger partial charge is 0.267 e. The van der Waals surface area contributed by atoms with Crippen molar-refractivity contribution in [3.05, 3.63) is 53.3 Å². The molecule has 6 rings (SSSR count). The summed E-state index contributed by atoms with van der Waals surface area (Å²) < 4.78 is 12.2. The van der Waals surface area contributed by atoms with E-state index in [9.17, 15) is 4.79 Å². The molecule has 4 aliphatic heterocycles. The molecule has 0 radical (unpaired) electrons. The van der Waals surface area contributed by atoms with Crippen molar-refractivity contribution in [2.45, 2.75) is 37.5 Å². The van der Waals surface area contributed by atoms with Gasteiger partial charge in [0.1, 0.15) is 11.4 Å². The van der Waals surface area contributed by atoms with Crippen molar-refractivity contribution in [2.24, 2.45) is 11.8 Å². The van der Waals surface area contributed by atoms with Crippen LogP contribution in [0.5, 0.6) is 5.75 Å². The molecule has 1 amide bonds. The van der Waals surface area contributed by atoms with Crippen molar-refractivity contribution in [3.8, 4) is 5.75 Å². The second-order valence-electron chi connectivity index (χ2n) is 9.03. The lowest BCUT2D eigenvalue weighted by Crippen LogP contribution is -2.42. The number of carbonyl (C=O) groups excluding carboxylic acids is 1. The van der Waals surface area contributed by atoms with Gasteiger partial charge in [0.25, 0.3) is 5.91 Å². The zero-order chi connectivity index (χ0) is 19.4. The van der Waals surface area contributed by atoms with Crippen LogP contribution in [0.1, 0.15) is 34.5 Å². The van der Waals surface area contributed by atoms with Crippen molar-refractivity contribution in [1.82, 2.24) is 15.2 Å². The van der Waals surface area contributed by atoms with Crippen molar-refractivity contribution in [2.75, 3.05) is 26.2 Å². The van der Waals surface area contributed by atoms with E-state index in [4.69, 9.17) is 9.47 Å². The molecule has 1 spiro atoms. The van der Waals surface area contributed by atoms with Gasteiger partial charge in [-0.25, -0.2) is 0 Å². The average molecular weight is 393 g/mol. The Morgan fingerprint density at radius 2 is 2.31 bits per heavy atom. The Morgan fingerprint density at radius 1 is 1.34 bits per heavy atom. The van der Waals surface area contributed by atoms with Crippen molar-refractivity contribution >= 4 is 5.91 Å². The Morgan fingerprint density at radius 3 is 3.21 bits per heavy atom. The van der Waals surface area contributed by atoms with E-state index in [2.05, 4.69) is 33.4 Å². The number of hydrogen-bond donors (Lipinski definition) is 2. The first-order valence-electron chi connectivity index (χ1n) is 10.8. The fraction of sp³-hybridized carbons (Fsp3) is 0.522. The van der Waals surface area contributed by atoms with Gasteiger partial charge in [0, 0.05) is 50.6 Å². The number of amides is 1. The molecule has 0 saturated carbocycles. The van der Waals surface area contributed by atoms with E-state index >= 15 is 0 Å². The van der Waals surface area contributed by atoms with E-state index in [1.54, 1.807) is 6.20 Å². The highest BCUT2D eigenvalue weighted by Crippen LogP contribution is 2.54. The van der Waals surface area contributed by atoms with Crippen LogP contribution in [0.2, 0.25) is 0 Å². The van der Waals surface area contributed by atoms with Gasteiger partial charge in [0.05, 0.1) is 18.3 Å². The highest BCUT2D eigenvalue weighted by Gasteiger charge is 2.62. The molecule has 6 heteroatoms. The Kier molecular flexibility index (Phi) is 4.00. The van der Waals surface area contributed by atoms with Gasteiger partial charge >= 0.3 is 0 Å². The van der Waals surface area contributed by atoms with Crippen LogP contribution in [0.15, 0.2) is 36.5 Å². The van der Waals surface area contributed by atoms with E-state index in [1.165, 1.54) is 11.1 Å². The van der Waals surface area contributed by atoms with Gasteiger partial charge < -0.3 is 19.8 Å². The first-order valence-corrected chi connectivity index (χ1v) is 10.8. The highest BCUT2D eigenvalue weighted by atomic mass is 16.5. The second kappa shape index (κ2) is 6.61. The van der Waals surface area contributed by atoms with Gasteiger partial charge in [-0.1, -0.05) is 12.1 Å². The third-order valence-corrected chi connectivity index (χ3v) is 7.36. The number of nitrogens with zero attached hydrogens (tertiary/aromatic N) is 1. The lowest BCUT2D eigenvalue weighted by molar-refractivity contribution is 0.00212. The normalized spacial score (nSPS) is 32.2. The third-order valence-electron chi connectivity index (χ3n) is 7.36. The third kappa shape index (κ3) is 2.89. The fourth-order valence-electron chi connectivity index (χ4n) is 6.05. The van der Waals surface area contributed by atoms with E-state index in [1.807, 2.05) is 12.1 Å². The summed E-state index contributed by atoms with van der Waals surface area (Å²) in [6.45, 7) is 4.51. The SMILES string of the molecule is O=C(NC[C@H]1[C@H]2CN(Cc3ccc4c(c3)CCO4)C[C@]23CC[C@H]1O3)c1ccc[nH]1. The molecule has 4 aliphatic rings. The number of ether oxygens (including phenoxy) is 2. The molecule has 3 saturated heterocycles. The van der Waals surface area contributed by atoms with E-state index < -0.39 is 0 Å². The number of carbonyl (C=O) groups is 1. The van der Waals surface area contributed by atoms with Crippen LogP contribution >= 0.6 is 0 Å². The van der Waals surface area contributed by atoms with Crippen molar-refractivity contribution in [3.63, 3.8) is 0 Å². The van der Waals surface area contributed by atoms with Crippen LogP contribution in [0.25, 0.3) is 0 Å². The Balaban J connectivity index is 1.13. The Bertz CT molecular complexity index is 927. The summed E-state index contributed by atoms with van der Waals surface area (Å²) in [6, 6.07) is 10.3. The summed E-state index contributed by atoms with van der Waals surface area (Å²) in [4.78, 5) is 17.9. The van der Waals surface area contributed by atoms with Gasteiger partial charge in [-0.15, -0.1) is 0 Å². The standard InChI is InChI=1S/C23H27N3O3/c27-22(19-2-1-8-24-19)25-11-17-18-13-26(14-23(18)7-5-21(17)29-23)12-15-3-4-20-16(10-15)6-9-28-20/h1-4,8,10,17-18,21,24H,5-7,9,11-14H2,(H,25,27)/t17-,18+,21+,23+/m0/s1. The number of H-pyrrole nitrogens is 1. The van der Waals surface area contributed by atoms with E-state index in [0.717, 1.165) is 51.3 Å². The molecule has 1 aromatic heterocycles. The Hall–Kier alpha value is -2.31. The Labute approximate surface area is 170 Å². The largest absolute Gasteiger partial charge is 0.493 e. The summed E-state index contributed by atoms with van der Waals surface area (Å²) >= 11 is 0. The summed E-state index contributed by atoms with van der Waals surface area (Å²) in [6.07, 6.45) is 5.36. The molecule has 6 nitrogen and oxygen atoms in total. The number of aromatic amines is 1. The summed E-state index contributed by atoms with van der Waals surface area (Å²) in [5, 5.41) is 3.13. The number of likely N-dealkylation sites (tertiary alicyclic amines) is 1. The molecule has 4 atom stereocenters. The molecular weight excluding hydrogens is 366 g/mol. The zero-order valence-corrected chi connectivity index (χ0v) is 16.5. The van der Waals surface area contributed by atoms with Crippen LogP contribution in [-0.2, 0) is 17.7 Å². The van der Waals surface area contributed by atoms with Gasteiger partial charge in [-0.3, -0.25) is 9.69 Å². The van der Waals surface area contributed by atoms with Crippen LogP contribution in [0.4, 0.5) is 0 Å². The molecule has 0 unspecified atom stereocenters. The quantitative estimate of drug-likeness (QED) is 0.819. The number of benzene rings is 1. The minimum Gasteiger partial charge on any atom is -0.493 e. The van der Waals surface area contributed by atoms with E-state index in [0.29, 0.717) is 30.2 Å². The molecule has 29 heavy (non-hydrogen) atoms. The minimum absolute atomic E-state index is 0.00761. The molecular formula is C23H27N3O3. The van der Waals surface area contributed by atoms with Crippen molar-refractivity contribution in [1.29, 1.82) is 0 Å². The number of hydrogen-bond acceptors (Lipinski definition) is 4. The van der Waals surface area contributed by atoms with Gasteiger partial charge in [-0.05, 0) is 42.2 Å². The fourth-order valence-corrected chi connectivity index (χ4v) is 6.05. The van der Waals surface area contributed by atoms with E-state index in [-0.39, 0.29) is 11.5 Å². The molecule has 2 aromatic rings. The van der Waals surface area contributed by atoms with Crippen LogP contribution in [-0.4, -0.2) is 53.7 Å². The van der Waals surface area contributed by atoms with Crippen molar-refractivity contribution < 1.29 is 14.3 Å². The summed E-state index contributed by atoms with van der Waals surface area (Å²) in [5.41, 5.74) is 3.31. The minimum atomic E-state index is -0.0259. The molecule has 5 heterocycles. The predicted octanol–water partition coefficient (Wildman–Crippen LogP) is 2.36. The summed E-state index contributed by atoms with van der Waals surface area (Å²) in [5.74, 6) is 1.93. The molecule has 2 bridgehead atoms. The van der Waals surface area contributed by atoms with Crippen LogP contribution in [0.3, 0.4) is 0 Å². The van der Waals surface area contributed by atoms with Gasteiger partial charge in [-0.2, -0.15) is 0 Å². The highest BCUT2D eigenvalue weighted by molar-refractivity contribution is 5.92. The first kappa shape index (κ1) is 17.5. The molecule has 152 valence electrons. The molecule has 1 aromatic carbocycles. The van der Waals surface area contributed by atoms with Gasteiger partial charge in [0.15, 0.2) is 0 Å². The summed E-state index contributed by atoms with van der Waals surface area (Å²) in [7, 11) is 0. The lowest BCUT2D eigenvalue weighted by Gasteiger charge is -2.29. The lowest BCUT2D eigenvalue weighted by atomic mass is 9.73. The van der Waals surface area contributed by atoms with Crippen LogP contribution in [0, 0.1) is 11.8 Å². The molecule has 3 fully saturated rings. The maximum atomic E-state index is 12.4. The number of fused-ring (bicyclic) bond motifs is 2. The number of rotatable bonds is 5. The average Bonchev–Trinajstić information content (AvgIpc) is 3.52. The van der Waals surface area contributed by atoms with Crippen LogP contribution < -0.4 is 10.1 Å². The zero-order valence-electron chi connectivity index (χ0n) is 16.5. The molecule has 0 aliphatic carbocycles. The maximum Gasteiger partial charge on any atom is 0.267 e. The number of nitrogens with one attached hydrogen (secondary N) is 2. The topological polar surface area (TPSA) is 66.6 Å². The number of aromatic nitrogens is 1. The predicted molar refractivity (Wildman–Crippen MR) is 108 cm³/mol.